The van der Waals surface area contributed by atoms with Gasteiger partial charge in [-0.3, -0.25) is 9.52 Å². The quantitative estimate of drug-likeness (QED) is 0.348. The Kier molecular flexibility index (Phi) is 10.0. The molecule has 1 amide bonds. The van der Waals surface area contributed by atoms with E-state index in [1.807, 2.05) is 6.92 Å². The van der Waals surface area contributed by atoms with Crippen LogP contribution in [0.1, 0.15) is 19.4 Å². The largest absolute Gasteiger partial charge is 0.497 e. The second-order valence-electron chi connectivity index (χ2n) is 10.6. The molecule has 0 unspecified atom stereocenters. The van der Waals surface area contributed by atoms with Gasteiger partial charge in [-0.05, 0) is 61.5 Å². The summed E-state index contributed by atoms with van der Waals surface area (Å²) in [6.07, 6.45) is -0.793. The molecule has 3 aromatic carbocycles. The van der Waals surface area contributed by atoms with Gasteiger partial charge >= 0.3 is 0 Å². The highest BCUT2D eigenvalue weighted by atomic mass is 32.2. The van der Waals surface area contributed by atoms with Crippen molar-refractivity contribution in [2.75, 3.05) is 38.6 Å². The molecule has 4 rings (SSSR count). The number of aliphatic hydroxyl groups excluding tert-OH is 1. The van der Waals surface area contributed by atoms with E-state index in [1.165, 1.54) is 54.9 Å². The maximum Gasteiger partial charge on any atom is 0.261 e. The lowest BCUT2D eigenvalue weighted by atomic mass is 10.0. The van der Waals surface area contributed by atoms with Crippen LogP contribution in [-0.2, 0) is 31.3 Å². The van der Waals surface area contributed by atoms with Gasteiger partial charge in [0, 0.05) is 30.8 Å². The summed E-state index contributed by atoms with van der Waals surface area (Å²) in [4.78, 5) is 15.2. The number of nitrogens with one attached hydrogen (secondary N) is 1. The van der Waals surface area contributed by atoms with Gasteiger partial charge in [-0.1, -0.05) is 25.1 Å². The fraction of sp³-hybridized carbons (Fsp3) is 0.367. The number of carbonyl (C=O) groups excluding carboxylic acids is 1. The van der Waals surface area contributed by atoms with E-state index in [1.54, 1.807) is 48.2 Å². The second-order valence-corrected chi connectivity index (χ2v) is 14.3. The molecule has 43 heavy (non-hydrogen) atoms. The highest BCUT2D eigenvalue weighted by Crippen LogP contribution is 2.31. The Labute approximate surface area is 253 Å². The minimum Gasteiger partial charge on any atom is -0.497 e. The van der Waals surface area contributed by atoms with Crippen LogP contribution in [0.25, 0.3) is 0 Å². The first kappa shape index (κ1) is 32.3. The van der Waals surface area contributed by atoms with Crippen molar-refractivity contribution in [3.8, 4) is 11.5 Å². The highest BCUT2D eigenvalue weighted by molar-refractivity contribution is 7.92. The Morgan fingerprint density at radius 2 is 1.72 bits per heavy atom. The number of fused-ring (bicyclic) bond motifs is 1. The number of hydrogen-bond donors (Lipinski definition) is 2. The lowest BCUT2D eigenvalue weighted by Gasteiger charge is -2.33. The Morgan fingerprint density at radius 1 is 1.05 bits per heavy atom. The van der Waals surface area contributed by atoms with Gasteiger partial charge in [0.15, 0.2) is 0 Å². The number of nitrogens with zero attached hydrogens (tertiary/aromatic N) is 2. The molecule has 1 aliphatic heterocycles. The molecule has 1 heterocycles. The van der Waals surface area contributed by atoms with Crippen LogP contribution in [0.5, 0.6) is 11.5 Å². The van der Waals surface area contributed by atoms with Crippen molar-refractivity contribution in [1.82, 2.24) is 9.21 Å². The standard InChI is InChI=1S/C30H37N3O8S2/c1-21-18-33(22(2)20-34)30(35)17-23-16-24(31-42(36,37)26-13-11-25(40-4)12-14-26)10-15-28(23)41-29(21)19-32(3)43(38,39)27-8-6-5-7-9-27/h5-16,21-22,29,31,34H,17-20H2,1-4H3/t21-,22+,29+/m1/s1. The summed E-state index contributed by atoms with van der Waals surface area (Å²) in [5.74, 6) is 0.242. The molecule has 3 aromatic rings. The molecule has 0 aliphatic carbocycles. The van der Waals surface area contributed by atoms with Gasteiger partial charge in [0.25, 0.3) is 10.0 Å². The molecule has 2 N–H and O–H groups in total. The number of benzene rings is 3. The topological polar surface area (TPSA) is 143 Å². The highest BCUT2D eigenvalue weighted by Gasteiger charge is 2.33. The number of aliphatic hydroxyl groups is 1. The average molecular weight is 632 g/mol. The lowest BCUT2D eigenvalue weighted by molar-refractivity contribution is -0.134. The molecule has 0 spiro atoms. The van der Waals surface area contributed by atoms with E-state index in [0.717, 1.165) is 0 Å². The number of ether oxygens (including phenoxy) is 2. The second kappa shape index (κ2) is 13.3. The van der Waals surface area contributed by atoms with Gasteiger partial charge in [-0.25, -0.2) is 16.8 Å². The number of sulfonamides is 2. The van der Waals surface area contributed by atoms with Crippen molar-refractivity contribution in [2.45, 2.75) is 42.2 Å². The SMILES string of the molecule is COc1ccc(S(=O)(=O)Nc2ccc3c(c2)CC(=O)N([C@@H](C)CO)C[C@@H](C)[C@H](CN(C)S(=O)(=O)c2ccccc2)O3)cc1. The summed E-state index contributed by atoms with van der Waals surface area (Å²) < 4.78 is 68.0. The Balaban J connectivity index is 1.67. The lowest BCUT2D eigenvalue weighted by Crippen LogP contribution is -2.48. The Hall–Kier alpha value is -3.65. The van der Waals surface area contributed by atoms with Crippen molar-refractivity contribution in [2.24, 2.45) is 5.92 Å². The molecule has 3 atom stereocenters. The van der Waals surface area contributed by atoms with Gasteiger partial charge < -0.3 is 19.5 Å². The third kappa shape index (κ3) is 7.47. The fourth-order valence-corrected chi connectivity index (χ4v) is 7.06. The van der Waals surface area contributed by atoms with E-state index in [4.69, 9.17) is 9.47 Å². The molecule has 0 bridgehead atoms. The van der Waals surface area contributed by atoms with Crippen LogP contribution in [0.15, 0.2) is 82.6 Å². The summed E-state index contributed by atoms with van der Waals surface area (Å²) in [5.41, 5.74) is 0.642. The van der Waals surface area contributed by atoms with E-state index < -0.39 is 32.2 Å². The first-order valence-corrected chi connectivity index (χ1v) is 16.7. The zero-order valence-corrected chi connectivity index (χ0v) is 26.1. The fourth-order valence-electron chi connectivity index (χ4n) is 4.80. The maximum atomic E-state index is 13.5. The number of rotatable bonds is 10. The van der Waals surface area contributed by atoms with Gasteiger partial charge in [-0.2, -0.15) is 4.31 Å². The van der Waals surface area contributed by atoms with Crippen molar-refractivity contribution in [1.29, 1.82) is 0 Å². The van der Waals surface area contributed by atoms with Crippen molar-refractivity contribution in [3.63, 3.8) is 0 Å². The number of amides is 1. The van der Waals surface area contributed by atoms with Crippen LogP contribution in [0.2, 0.25) is 0 Å². The van der Waals surface area contributed by atoms with Crippen LogP contribution in [0.4, 0.5) is 5.69 Å². The molecule has 13 heteroatoms. The molecule has 11 nitrogen and oxygen atoms in total. The van der Waals surface area contributed by atoms with Crippen molar-refractivity contribution < 1.29 is 36.2 Å². The molecule has 0 saturated carbocycles. The number of likely N-dealkylation sites (N-methyl/N-ethyl adjacent to an activating group) is 1. The van der Waals surface area contributed by atoms with Crippen molar-refractivity contribution in [3.05, 3.63) is 78.4 Å². The van der Waals surface area contributed by atoms with E-state index in [2.05, 4.69) is 4.72 Å². The molecular weight excluding hydrogens is 594 g/mol. The first-order valence-electron chi connectivity index (χ1n) is 13.7. The number of hydrogen-bond acceptors (Lipinski definition) is 8. The number of methoxy groups -OCH3 is 1. The van der Waals surface area contributed by atoms with E-state index in [0.29, 0.717) is 17.1 Å². The normalized spacial score (nSPS) is 18.6. The summed E-state index contributed by atoms with van der Waals surface area (Å²) in [6.45, 7) is 3.53. The molecule has 0 aromatic heterocycles. The van der Waals surface area contributed by atoms with E-state index in [9.17, 15) is 26.7 Å². The zero-order valence-electron chi connectivity index (χ0n) is 24.5. The van der Waals surface area contributed by atoms with Crippen LogP contribution in [0, 0.1) is 5.92 Å². The van der Waals surface area contributed by atoms with Gasteiger partial charge in [0.2, 0.25) is 15.9 Å². The number of carbonyl (C=O) groups is 1. The van der Waals surface area contributed by atoms with Crippen LogP contribution in [0.3, 0.4) is 0 Å². The first-order chi connectivity index (χ1) is 20.3. The smallest absolute Gasteiger partial charge is 0.261 e. The molecular formula is C30H37N3O8S2. The number of anilines is 1. The third-order valence-corrected chi connectivity index (χ3v) is 10.7. The summed E-state index contributed by atoms with van der Waals surface area (Å²) in [5, 5.41) is 9.88. The van der Waals surface area contributed by atoms with Gasteiger partial charge in [0.05, 0.1) is 42.5 Å². The monoisotopic (exact) mass is 631 g/mol. The predicted molar refractivity (Wildman–Crippen MR) is 162 cm³/mol. The molecule has 1 aliphatic rings. The predicted octanol–water partition coefficient (Wildman–Crippen LogP) is 2.97. The van der Waals surface area contributed by atoms with Gasteiger partial charge in [0.1, 0.15) is 17.6 Å². The Morgan fingerprint density at radius 3 is 2.35 bits per heavy atom. The van der Waals surface area contributed by atoms with Gasteiger partial charge in [-0.15, -0.1) is 0 Å². The van der Waals surface area contributed by atoms with Crippen LogP contribution >= 0.6 is 0 Å². The van der Waals surface area contributed by atoms with Crippen LogP contribution in [-0.4, -0.2) is 83.1 Å². The molecule has 232 valence electrons. The molecule has 0 radical (unpaired) electrons. The summed E-state index contributed by atoms with van der Waals surface area (Å²) in [6, 6.07) is 18.1. The minimum atomic E-state index is -3.96. The Bertz CT molecular complexity index is 1630. The third-order valence-electron chi connectivity index (χ3n) is 7.43. The maximum absolute atomic E-state index is 13.5. The summed E-state index contributed by atoms with van der Waals surface area (Å²) in [7, 11) is -4.82. The van der Waals surface area contributed by atoms with Crippen molar-refractivity contribution >= 4 is 31.6 Å². The van der Waals surface area contributed by atoms with Crippen LogP contribution < -0.4 is 14.2 Å². The average Bonchev–Trinajstić information content (AvgIpc) is 3.04. The minimum absolute atomic E-state index is 0.0147. The zero-order chi connectivity index (χ0) is 31.4. The summed E-state index contributed by atoms with van der Waals surface area (Å²) >= 11 is 0. The van der Waals surface area contributed by atoms with E-state index in [-0.39, 0.29) is 53.4 Å². The molecule has 0 fully saturated rings. The van der Waals surface area contributed by atoms with E-state index >= 15 is 0 Å². The molecule has 0 saturated heterocycles.